The average Bonchev–Trinajstić information content (AvgIpc) is 2.77. The molecule has 0 radical (unpaired) electrons. The third kappa shape index (κ3) is 2.13. The van der Waals surface area contributed by atoms with E-state index in [1.54, 1.807) is 5.38 Å². The van der Waals surface area contributed by atoms with Crippen LogP contribution in [0.4, 0.5) is 9.93 Å². The monoisotopic (exact) mass is 241 g/mol. The minimum absolute atomic E-state index is 0.431. The maximum absolute atomic E-state index is 10.7. The highest BCUT2D eigenvalue weighted by atomic mass is 32.1. The van der Waals surface area contributed by atoms with E-state index in [0.29, 0.717) is 38.2 Å². The molecule has 1 fully saturated rings. The molecule has 1 aliphatic rings. The van der Waals surface area contributed by atoms with Crippen molar-refractivity contribution in [3.05, 3.63) is 11.1 Å². The van der Waals surface area contributed by atoms with E-state index < -0.39 is 6.09 Å². The first-order chi connectivity index (χ1) is 7.70. The Morgan fingerprint density at radius 1 is 1.44 bits per heavy atom. The number of carbonyl (C=O) groups excluding carboxylic acids is 1. The molecule has 0 saturated carbocycles. The largest absolute Gasteiger partial charge is 0.465 e. The molecule has 1 aliphatic heterocycles. The van der Waals surface area contributed by atoms with E-state index >= 15 is 0 Å². The topological polar surface area (TPSA) is 73.7 Å². The van der Waals surface area contributed by atoms with Crippen molar-refractivity contribution in [3.63, 3.8) is 0 Å². The van der Waals surface area contributed by atoms with E-state index in [2.05, 4.69) is 4.98 Å². The zero-order valence-corrected chi connectivity index (χ0v) is 9.31. The van der Waals surface area contributed by atoms with Gasteiger partial charge in [0.1, 0.15) is 5.69 Å². The number of anilines is 1. The molecule has 7 heteroatoms. The first kappa shape index (κ1) is 10.9. The van der Waals surface area contributed by atoms with Gasteiger partial charge < -0.3 is 14.9 Å². The summed E-state index contributed by atoms with van der Waals surface area (Å²) in [6, 6.07) is 0. The normalized spacial score (nSPS) is 16.2. The number of aromatic nitrogens is 1. The number of piperazine rings is 1. The molecule has 0 atom stereocenters. The highest BCUT2D eigenvalue weighted by Gasteiger charge is 2.21. The summed E-state index contributed by atoms with van der Waals surface area (Å²) in [4.78, 5) is 28.7. The molecule has 1 aromatic heterocycles. The lowest BCUT2D eigenvalue weighted by Gasteiger charge is -2.32. The van der Waals surface area contributed by atoms with Crippen molar-refractivity contribution in [2.24, 2.45) is 0 Å². The van der Waals surface area contributed by atoms with Crippen LogP contribution in [0.3, 0.4) is 0 Å². The molecule has 0 spiro atoms. The van der Waals surface area contributed by atoms with E-state index in [0.717, 1.165) is 5.13 Å². The van der Waals surface area contributed by atoms with E-state index in [4.69, 9.17) is 5.11 Å². The van der Waals surface area contributed by atoms with Crippen LogP contribution < -0.4 is 4.90 Å². The molecule has 1 aromatic rings. The van der Waals surface area contributed by atoms with Gasteiger partial charge in [-0.1, -0.05) is 0 Å². The van der Waals surface area contributed by atoms with Crippen LogP contribution in [-0.2, 0) is 0 Å². The van der Waals surface area contributed by atoms with Crippen LogP contribution >= 0.6 is 11.3 Å². The molecule has 0 aliphatic carbocycles. The van der Waals surface area contributed by atoms with Crippen molar-refractivity contribution in [1.82, 2.24) is 9.88 Å². The van der Waals surface area contributed by atoms with Crippen LogP contribution in [0, 0.1) is 0 Å². The maximum Gasteiger partial charge on any atom is 0.407 e. The lowest BCUT2D eigenvalue weighted by Crippen LogP contribution is -2.48. The maximum atomic E-state index is 10.7. The summed E-state index contributed by atoms with van der Waals surface area (Å²) in [7, 11) is 0. The first-order valence-corrected chi connectivity index (χ1v) is 5.72. The van der Waals surface area contributed by atoms with Crippen molar-refractivity contribution in [2.75, 3.05) is 31.1 Å². The summed E-state index contributed by atoms with van der Waals surface area (Å²) in [5.74, 6) is 0. The predicted octanol–water partition coefficient (Wildman–Crippen LogP) is 0.756. The van der Waals surface area contributed by atoms with Crippen molar-refractivity contribution >= 4 is 28.8 Å². The fourth-order valence-corrected chi connectivity index (χ4v) is 2.39. The Morgan fingerprint density at radius 3 is 2.62 bits per heavy atom. The predicted molar refractivity (Wildman–Crippen MR) is 59.3 cm³/mol. The molecule has 2 heterocycles. The fourth-order valence-electron chi connectivity index (χ4n) is 1.56. The van der Waals surface area contributed by atoms with E-state index in [-0.39, 0.29) is 0 Å². The number of thiazole rings is 1. The van der Waals surface area contributed by atoms with E-state index in [9.17, 15) is 9.59 Å². The van der Waals surface area contributed by atoms with Gasteiger partial charge in [-0.25, -0.2) is 9.78 Å². The van der Waals surface area contributed by atoms with Gasteiger partial charge in [0.2, 0.25) is 0 Å². The van der Waals surface area contributed by atoms with Gasteiger partial charge in [-0.05, 0) is 0 Å². The lowest BCUT2D eigenvalue weighted by atomic mass is 10.3. The van der Waals surface area contributed by atoms with Crippen molar-refractivity contribution < 1.29 is 14.7 Å². The first-order valence-electron chi connectivity index (χ1n) is 4.84. The number of carboxylic acid groups (broad SMARTS) is 1. The molecule has 0 bridgehead atoms. The summed E-state index contributed by atoms with van der Waals surface area (Å²) in [6.45, 7) is 2.20. The Bertz CT molecular complexity index is 398. The van der Waals surface area contributed by atoms with Crippen LogP contribution in [0.1, 0.15) is 10.5 Å². The molecule has 1 saturated heterocycles. The molecular weight excluding hydrogens is 230 g/mol. The number of nitrogens with zero attached hydrogens (tertiary/aromatic N) is 3. The summed E-state index contributed by atoms with van der Waals surface area (Å²) >= 11 is 1.41. The van der Waals surface area contributed by atoms with Crippen LogP contribution in [0.25, 0.3) is 0 Å². The molecule has 16 heavy (non-hydrogen) atoms. The Balaban J connectivity index is 1.98. The second-order valence-electron chi connectivity index (χ2n) is 3.43. The Hall–Kier alpha value is -1.63. The van der Waals surface area contributed by atoms with Crippen LogP contribution in [-0.4, -0.2) is 53.5 Å². The summed E-state index contributed by atoms with van der Waals surface area (Å²) in [6.07, 6.45) is -0.166. The van der Waals surface area contributed by atoms with Crippen LogP contribution in [0.15, 0.2) is 5.38 Å². The quantitative estimate of drug-likeness (QED) is 0.774. The van der Waals surface area contributed by atoms with Gasteiger partial charge in [0.05, 0.1) is 0 Å². The SMILES string of the molecule is O=Cc1csc(N2CCN(C(=O)O)CC2)n1. The van der Waals surface area contributed by atoms with Crippen LogP contribution in [0.5, 0.6) is 0 Å². The Morgan fingerprint density at radius 2 is 2.12 bits per heavy atom. The van der Waals surface area contributed by atoms with Gasteiger partial charge in [0, 0.05) is 31.6 Å². The summed E-state index contributed by atoms with van der Waals surface area (Å²) in [5.41, 5.74) is 0.431. The second kappa shape index (κ2) is 4.48. The molecule has 1 N–H and O–H groups in total. The van der Waals surface area contributed by atoms with Gasteiger partial charge in [0.25, 0.3) is 0 Å². The van der Waals surface area contributed by atoms with Crippen LogP contribution in [0.2, 0.25) is 0 Å². The minimum Gasteiger partial charge on any atom is -0.465 e. The second-order valence-corrected chi connectivity index (χ2v) is 4.27. The number of rotatable bonds is 2. The molecule has 6 nitrogen and oxygen atoms in total. The number of aldehydes is 1. The third-order valence-electron chi connectivity index (χ3n) is 2.45. The van der Waals surface area contributed by atoms with Gasteiger partial charge in [-0.3, -0.25) is 4.79 Å². The van der Waals surface area contributed by atoms with Gasteiger partial charge in [-0.2, -0.15) is 0 Å². The molecular formula is C9H11N3O3S. The zero-order valence-electron chi connectivity index (χ0n) is 8.50. The molecule has 0 aromatic carbocycles. The number of amides is 1. The van der Waals surface area contributed by atoms with E-state index in [1.165, 1.54) is 16.2 Å². The van der Waals surface area contributed by atoms with Gasteiger partial charge in [-0.15, -0.1) is 11.3 Å². The minimum atomic E-state index is -0.882. The fraction of sp³-hybridized carbons (Fsp3) is 0.444. The van der Waals surface area contributed by atoms with Crippen molar-refractivity contribution in [3.8, 4) is 0 Å². The Kier molecular flexibility index (Phi) is 3.04. The number of hydrogen-bond donors (Lipinski definition) is 1. The summed E-state index contributed by atoms with van der Waals surface area (Å²) in [5, 5.41) is 11.3. The van der Waals surface area contributed by atoms with Crippen molar-refractivity contribution in [2.45, 2.75) is 0 Å². The highest BCUT2D eigenvalue weighted by Crippen LogP contribution is 2.20. The average molecular weight is 241 g/mol. The number of hydrogen-bond acceptors (Lipinski definition) is 5. The zero-order chi connectivity index (χ0) is 11.5. The van der Waals surface area contributed by atoms with Gasteiger partial charge >= 0.3 is 6.09 Å². The highest BCUT2D eigenvalue weighted by molar-refractivity contribution is 7.13. The smallest absolute Gasteiger partial charge is 0.407 e. The summed E-state index contributed by atoms with van der Waals surface area (Å²) < 4.78 is 0. The third-order valence-corrected chi connectivity index (χ3v) is 3.37. The molecule has 86 valence electrons. The lowest BCUT2D eigenvalue weighted by molar-refractivity contribution is 0.111. The molecule has 0 unspecified atom stereocenters. The Labute approximate surface area is 96.1 Å². The standard InChI is InChI=1S/C9H11N3O3S/c13-5-7-6-16-8(10-7)11-1-3-12(4-2-11)9(14)15/h5-6H,1-4H2,(H,14,15). The molecule has 2 rings (SSSR count). The molecule has 1 amide bonds. The number of carbonyl (C=O) groups is 2. The van der Waals surface area contributed by atoms with E-state index in [1.807, 2.05) is 4.90 Å². The van der Waals surface area contributed by atoms with Crippen molar-refractivity contribution in [1.29, 1.82) is 0 Å². The van der Waals surface area contributed by atoms with Gasteiger partial charge in [0.15, 0.2) is 11.4 Å².